The van der Waals surface area contributed by atoms with Gasteiger partial charge in [-0.25, -0.2) is 4.79 Å². The molecule has 2 aromatic rings. The van der Waals surface area contributed by atoms with Crippen LogP contribution >= 0.6 is 0 Å². The van der Waals surface area contributed by atoms with E-state index in [-0.39, 0.29) is 11.1 Å². The molecule has 0 aliphatic carbocycles. The third-order valence-electron chi connectivity index (χ3n) is 2.97. The highest BCUT2D eigenvalue weighted by Crippen LogP contribution is 2.28. The second kappa shape index (κ2) is 5.46. The maximum Gasteiger partial charge on any atom is 0.339 e. The van der Waals surface area contributed by atoms with Crippen molar-refractivity contribution in [3.05, 3.63) is 36.0 Å². The second-order valence-electron chi connectivity index (χ2n) is 5.31. The molecule has 0 aliphatic heterocycles. The van der Waals surface area contributed by atoms with E-state index >= 15 is 0 Å². The molecule has 0 spiro atoms. The van der Waals surface area contributed by atoms with E-state index in [1.165, 1.54) is 6.20 Å². The Labute approximate surface area is 117 Å². The van der Waals surface area contributed by atoms with E-state index in [4.69, 9.17) is 4.74 Å². The molecule has 0 radical (unpaired) electrons. The molecule has 20 heavy (non-hydrogen) atoms. The Morgan fingerprint density at radius 1 is 1.40 bits per heavy atom. The number of para-hydroxylation sites is 1. The molecule has 0 saturated carbocycles. The molecule has 5 nitrogen and oxygen atoms in total. The first-order chi connectivity index (χ1) is 9.44. The van der Waals surface area contributed by atoms with Gasteiger partial charge in [0.25, 0.3) is 0 Å². The van der Waals surface area contributed by atoms with Crippen LogP contribution in [-0.4, -0.2) is 35.3 Å². The number of hydrogen-bond acceptors (Lipinski definition) is 4. The number of ether oxygens (including phenoxy) is 1. The number of carboxylic acids is 1. The minimum atomic E-state index is -1.00. The number of aromatic nitrogens is 1. The first kappa shape index (κ1) is 14.3. The number of anilines is 1. The molecule has 0 atom stereocenters. The molecule has 0 fully saturated rings. The summed E-state index contributed by atoms with van der Waals surface area (Å²) in [7, 11) is 1.62. The number of benzene rings is 1. The van der Waals surface area contributed by atoms with Crippen molar-refractivity contribution in [2.45, 2.75) is 19.4 Å². The predicted molar refractivity (Wildman–Crippen MR) is 78.3 cm³/mol. The predicted octanol–water partition coefficient (Wildman–Crippen LogP) is 2.77. The third kappa shape index (κ3) is 2.88. The summed E-state index contributed by atoms with van der Waals surface area (Å²) in [4.78, 5) is 15.6. The van der Waals surface area contributed by atoms with Crippen molar-refractivity contribution in [3.8, 4) is 0 Å². The van der Waals surface area contributed by atoms with E-state index in [1.807, 2.05) is 38.1 Å². The van der Waals surface area contributed by atoms with Gasteiger partial charge in [0.15, 0.2) is 0 Å². The Hall–Kier alpha value is -2.14. The largest absolute Gasteiger partial charge is 0.478 e. The van der Waals surface area contributed by atoms with Crippen molar-refractivity contribution in [1.82, 2.24) is 4.98 Å². The van der Waals surface area contributed by atoms with Crippen LogP contribution in [0.3, 0.4) is 0 Å². The molecule has 1 heterocycles. The van der Waals surface area contributed by atoms with Crippen LogP contribution in [0.2, 0.25) is 0 Å². The van der Waals surface area contributed by atoms with Gasteiger partial charge in [0.2, 0.25) is 0 Å². The monoisotopic (exact) mass is 274 g/mol. The van der Waals surface area contributed by atoms with Gasteiger partial charge in [-0.15, -0.1) is 0 Å². The number of aromatic carboxylic acids is 1. The molecule has 0 amide bonds. The maximum absolute atomic E-state index is 11.4. The Morgan fingerprint density at radius 3 is 2.75 bits per heavy atom. The standard InChI is InChI=1S/C15H18N2O3/c1-15(2,9-20-3)17-13-10-6-4-5-7-12(10)16-8-11(13)14(18)19/h4-8H,9H2,1-3H3,(H,16,17)(H,18,19). The third-order valence-corrected chi connectivity index (χ3v) is 2.97. The van der Waals surface area contributed by atoms with Gasteiger partial charge in [-0.05, 0) is 19.9 Å². The number of fused-ring (bicyclic) bond motifs is 1. The minimum Gasteiger partial charge on any atom is -0.478 e. The van der Waals surface area contributed by atoms with Crippen molar-refractivity contribution in [1.29, 1.82) is 0 Å². The zero-order valence-corrected chi connectivity index (χ0v) is 11.8. The number of hydrogen-bond donors (Lipinski definition) is 2. The van der Waals surface area contributed by atoms with Crippen molar-refractivity contribution in [3.63, 3.8) is 0 Å². The van der Waals surface area contributed by atoms with Crippen LogP contribution in [0.15, 0.2) is 30.5 Å². The first-order valence-electron chi connectivity index (χ1n) is 6.33. The SMILES string of the molecule is COCC(C)(C)Nc1c(C(=O)O)cnc2ccccc12. The molecule has 0 saturated heterocycles. The minimum absolute atomic E-state index is 0.160. The van der Waals surface area contributed by atoms with Crippen LogP contribution in [0.1, 0.15) is 24.2 Å². The Kier molecular flexibility index (Phi) is 3.90. The summed E-state index contributed by atoms with van der Waals surface area (Å²) in [6.45, 7) is 4.37. The summed E-state index contributed by atoms with van der Waals surface area (Å²) in [5.41, 5.74) is 1.11. The van der Waals surface area contributed by atoms with Crippen molar-refractivity contribution in [2.24, 2.45) is 0 Å². The summed E-state index contributed by atoms with van der Waals surface area (Å²) in [5.74, 6) is -1.00. The van der Waals surface area contributed by atoms with Gasteiger partial charge >= 0.3 is 5.97 Å². The van der Waals surface area contributed by atoms with Gasteiger partial charge in [0.1, 0.15) is 5.56 Å². The number of nitrogens with one attached hydrogen (secondary N) is 1. The van der Waals surface area contributed by atoms with Gasteiger partial charge in [-0.2, -0.15) is 0 Å². The highest BCUT2D eigenvalue weighted by Gasteiger charge is 2.22. The van der Waals surface area contributed by atoms with Crippen molar-refractivity contribution in [2.75, 3.05) is 19.0 Å². The number of rotatable bonds is 5. The summed E-state index contributed by atoms with van der Waals surface area (Å²) in [6.07, 6.45) is 1.38. The molecule has 106 valence electrons. The number of carbonyl (C=O) groups is 1. The van der Waals surface area contributed by atoms with Gasteiger partial charge in [-0.3, -0.25) is 4.98 Å². The Bertz CT molecular complexity index is 638. The van der Waals surface area contributed by atoms with Crippen LogP contribution in [-0.2, 0) is 4.74 Å². The molecule has 0 unspecified atom stereocenters. The molecular weight excluding hydrogens is 256 g/mol. The first-order valence-corrected chi connectivity index (χ1v) is 6.33. The fraction of sp³-hybridized carbons (Fsp3) is 0.333. The lowest BCUT2D eigenvalue weighted by Crippen LogP contribution is -2.36. The summed E-state index contributed by atoms with van der Waals surface area (Å²) >= 11 is 0. The van der Waals surface area contributed by atoms with E-state index in [0.717, 1.165) is 10.9 Å². The highest BCUT2D eigenvalue weighted by atomic mass is 16.5. The molecular formula is C15H18N2O3. The maximum atomic E-state index is 11.4. The van der Waals surface area contributed by atoms with Crippen LogP contribution in [0, 0.1) is 0 Å². The molecule has 5 heteroatoms. The van der Waals surface area contributed by atoms with Gasteiger partial charge in [0.05, 0.1) is 23.3 Å². The van der Waals surface area contributed by atoms with Gasteiger partial charge < -0.3 is 15.2 Å². The lowest BCUT2D eigenvalue weighted by Gasteiger charge is -2.28. The summed E-state index contributed by atoms with van der Waals surface area (Å²) in [5, 5.41) is 13.4. The number of nitrogens with zero attached hydrogens (tertiary/aromatic N) is 1. The van der Waals surface area contributed by atoms with E-state index in [0.29, 0.717) is 12.3 Å². The molecule has 1 aromatic heterocycles. The van der Waals surface area contributed by atoms with Crippen LogP contribution < -0.4 is 5.32 Å². The normalized spacial score (nSPS) is 11.6. The summed E-state index contributed by atoms with van der Waals surface area (Å²) < 4.78 is 5.17. The lowest BCUT2D eigenvalue weighted by atomic mass is 10.0. The highest BCUT2D eigenvalue weighted by molar-refractivity contribution is 6.04. The van der Waals surface area contributed by atoms with Gasteiger partial charge in [-0.1, -0.05) is 18.2 Å². The van der Waals surface area contributed by atoms with E-state index in [1.54, 1.807) is 7.11 Å². The fourth-order valence-corrected chi connectivity index (χ4v) is 2.17. The fourth-order valence-electron chi connectivity index (χ4n) is 2.17. The van der Waals surface area contributed by atoms with Crippen LogP contribution in [0.5, 0.6) is 0 Å². The zero-order valence-electron chi connectivity index (χ0n) is 11.8. The topological polar surface area (TPSA) is 71.5 Å². The second-order valence-corrected chi connectivity index (χ2v) is 5.31. The molecule has 2 N–H and O–H groups in total. The average Bonchev–Trinajstić information content (AvgIpc) is 2.38. The van der Waals surface area contributed by atoms with E-state index < -0.39 is 5.97 Å². The molecule has 2 rings (SSSR count). The van der Waals surface area contributed by atoms with Gasteiger partial charge in [0, 0.05) is 18.7 Å². The Balaban J connectivity index is 2.58. The quantitative estimate of drug-likeness (QED) is 0.877. The van der Waals surface area contributed by atoms with Crippen LogP contribution in [0.4, 0.5) is 5.69 Å². The smallest absolute Gasteiger partial charge is 0.339 e. The molecule has 1 aromatic carbocycles. The molecule has 0 aliphatic rings. The van der Waals surface area contributed by atoms with Crippen molar-refractivity contribution < 1.29 is 14.6 Å². The number of methoxy groups -OCH3 is 1. The number of carboxylic acid groups (broad SMARTS) is 1. The van der Waals surface area contributed by atoms with Crippen molar-refractivity contribution >= 4 is 22.6 Å². The summed E-state index contributed by atoms with van der Waals surface area (Å²) in [6, 6.07) is 7.46. The zero-order chi connectivity index (χ0) is 14.8. The molecule has 0 bridgehead atoms. The van der Waals surface area contributed by atoms with E-state index in [9.17, 15) is 9.90 Å². The average molecular weight is 274 g/mol. The van der Waals surface area contributed by atoms with E-state index in [2.05, 4.69) is 10.3 Å². The van der Waals surface area contributed by atoms with Crippen LogP contribution in [0.25, 0.3) is 10.9 Å². The Morgan fingerprint density at radius 2 is 2.10 bits per heavy atom. The number of pyridine rings is 1. The lowest BCUT2D eigenvalue weighted by molar-refractivity contribution is 0.0697.